The third-order valence-corrected chi connectivity index (χ3v) is 2.85. The van der Waals surface area contributed by atoms with Crippen LogP contribution in [0.5, 0.6) is 0 Å². The van der Waals surface area contributed by atoms with E-state index in [-0.39, 0.29) is 0 Å². The maximum absolute atomic E-state index is 6.26. The van der Waals surface area contributed by atoms with Gasteiger partial charge in [-0.05, 0) is 26.8 Å². The minimum atomic E-state index is 0.786. The molecule has 1 N–H and O–H groups in total. The monoisotopic (exact) mass is 238 g/mol. The first kappa shape index (κ1) is 12.9. The Labute approximate surface area is 103 Å². The molecule has 0 aromatic carbocycles. The van der Waals surface area contributed by atoms with Crippen molar-refractivity contribution in [3.8, 4) is 0 Å². The number of rotatable bonds is 5. The van der Waals surface area contributed by atoms with Crippen molar-refractivity contribution in [2.45, 2.75) is 27.3 Å². The fourth-order valence-electron chi connectivity index (χ4n) is 1.81. The summed E-state index contributed by atoms with van der Waals surface area (Å²) in [4.78, 5) is 0. The summed E-state index contributed by atoms with van der Waals surface area (Å²) in [6.45, 7) is 11.8. The van der Waals surface area contributed by atoms with Gasteiger partial charge in [0.25, 0.3) is 0 Å². The van der Waals surface area contributed by atoms with E-state index in [0.717, 1.165) is 29.4 Å². The Kier molecular flexibility index (Phi) is 4.69. The van der Waals surface area contributed by atoms with Crippen molar-refractivity contribution in [3.63, 3.8) is 0 Å². The molecule has 0 amide bonds. The second kappa shape index (κ2) is 5.80. The van der Waals surface area contributed by atoms with Crippen molar-refractivity contribution in [2.75, 3.05) is 6.54 Å². The highest BCUT2D eigenvalue weighted by Gasteiger charge is 2.13. The van der Waals surface area contributed by atoms with Crippen LogP contribution < -0.4 is 5.32 Å². The average molecular weight is 239 g/mol. The molecule has 16 heavy (non-hydrogen) atoms. The zero-order valence-electron chi connectivity index (χ0n) is 10.2. The molecule has 0 radical (unpaired) electrons. The van der Waals surface area contributed by atoms with Crippen LogP contribution >= 0.6 is 11.6 Å². The summed E-state index contributed by atoms with van der Waals surface area (Å²) in [5.41, 5.74) is 3.29. The summed E-state index contributed by atoms with van der Waals surface area (Å²) in [5.74, 6) is 0. The van der Waals surface area contributed by atoms with Crippen LogP contribution in [0.15, 0.2) is 24.9 Å². The fourth-order valence-corrected chi connectivity index (χ4v) is 2.16. The number of allylic oxidation sites excluding steroid dienone is 2. The summed E-state index contributed by atoms with van der Waals surface area (Å²) in [6, 6.07) is 0. The topological polar surface area (TPSA) is 17.0 Å². The van der Waals surface area contributed by atoms with Gasteiger partial charge in [0, 0.05) is 36.2 Å². The highest BCUT2D eigenvalue weighted by Crippen LogP contribution is 2.27. The maximum Gasteiger partial charge on any atom is 0.0678 e. The average Bonchev–Trinajstić information content (AvgIpc) is 2.54. The number of halogens is 1. The second-order valence-electron chi connectivity index (χ2n) is 3.57. The Balaban J connectivity index is 3.23. The van der Waals surface area contributed by atoms with E-state index >= 15 is 0 Å². The molecule has 0 fully saturated rings. The van der Waals surface area contributed by atoms with Gasteiger partial charge in [-0.25, -0.2) is 0 Å². The van der Waals surface area contributed by atoms with Crippen LogP contribution in [0.1, 0.15) is 25.1 Å². The van der Waals surface area contributed by atoms with Gasteiger partial charge in [0.2, 0.25) is 0 Å². The lowest BCUT2D eigenvalue weighted by molar-refractivity contribution is 0.741. The molecule has 0 aliphatic carbocycles. The Morgan fingerprint density at radius 3 is 2.69 bits per heavy atom. The Hall–Kier alpha value is -1.15. The molecule has 0 bridgehead atoms. The van der Waals surface area contributed by atoms with Gasteiger partial charge >= 0.3 is 0 Å². The number of nitrogens with zero attached hydrogens (tertiary/aromatic N) is 1. The minimum Gasteiger partial charge on any atom is -0.385 e. The molecule has 2 nitrogen and oxygen atoms in total. The largest absolute Gasteiger partial charge is 0.385 e. The molecule has 1 rings (SSSR count). The predicted molar refractivity (Wildman–Crippen MR) is 71.7 cm³/mol. The lowest BCUT2D eigenvalue weighted by Gasteiger charge is -2.10. The number of aromatic nitrogens is 1. The molecule has 1 aromatic heterocycles. The fraction of sp³-hybridized carbons (Fsp3) is 0.385. The molecule has 0 saturated heterocycles. The quantitative estimate of drug-likeness (QED) is 0.776. The molecular formula is C13H19ClN2. The lowest BCUT2D eigenvalue weighted by Crippen LogP contribution is -2.12. The maximum atomic E-state index is 6.26. The summed E-state index contributed by atoms with van der Waals surface area (Å²) in [5, 5.41) is 4.10. The van der Waals surface area contributed by atoms with Gasteiger partial charge in [0.05, 0.1) is 5.02 Å². The second-order valence-corrected chi connectivity index (χ2v) is 3.98. The number of nitrogens with one attached hydrogen (secondary N) is 1. The summed E-state index contributed by atoms with van der Waals surface area (Å²) in [7, 11) is 0. The minimum absolute atomic E-state index is 0.786. The molecular weight excluding hydrogens is 220 g/mol. The van der Waals surface area contributed by atoms with Crippen LogP contribution in [-0.4, -0.2) is 11.1 Å². The van der Waals surface area contributed by atoms with Crippen LogP contribution in [0.3, 0.4) is 0 Å². The zero-order valence-corrected chi connectivity index (χ0v) is 10.9. The number of aryl methyl sites for hydroxylation is 1. The van der Waals surface area contributed by atoms with Crippen LogP contribution in [0.4, 0.5) is 0 Å². The molecule has 0 saturated carbocycles. The number of hydrogen-bond acceptors (Lipinski definition) is 1. The normalized spacial score (nSPS) is 11.6. The van der Waals surface area contributed by atoms with Gasteiger partial charge in [0.15, 0.2) is 0 Å². The Morgan fingerprint density at radius 1 is 1.56 bits per heavy atom. The van der Waals surface area contributed by atoms with E-state index in [1.807, 2.05) is 12.3 Å². The molecule has 0 spiro atoms. The third kappa shape index (κ3) is 2.50. The summed E-state index contributed by atoms with van der Waals surface area (Å²) >= 11 is 6.26. The van der Waals surface area contributed by atoms with E-state index < -0.39 is 0 Å². The van der Waals surface area contributed by atoms with E-state index in [0.29, 0.717) is 0 Å². The Bertz CT molecular complexity index is 402. The van der Waals surface area contributed by atoms with Crippen LogP contribution in [-0.2, 0) is 6.54 Å². The highest BCUT2D eigenvalue weighted by molar-refractivity contribution is 6.32. The van der Waals surface area contributed by atoms with E-state index in [2.05, 4.69) is 37.2 Å². The van der Waals surface area contributed by atoms with E-state index in [9.17, 15) is 0 Å². The third-order valence-electron chi connectivity index (χ3n) is 2.56. The smallest absolute Gasteiger partial charge is 0.0678 e. The molecule has 1 aromatic rings. The first-order chi connectivity index (χ1) is 7.65. The van der Waals surface area contributed by atoms with Crippen molar-refractivity contribution >= 4 is 17.3 Å². The van der Waals surface area contributed by atoms with E-state index in [1.54, 1.807) is 6.08 Å². The van der Waals surface area contributed by atoms with Crippen molar-refractivity contribution in [1.29, 1.82) is 0 Å². The number of hydrogen-bond donors (Lipinski definition) is 1. The first-order valence-electron chi connectivity index (χ1n) is 5.57. The van der Waals surface area contributed by atoms with Gasteiger partial charge in [0.1, 0.15) is 0 Å². The van der Waals surface area contributed by atoms with E-state index in [1.165, 1.54) is 5.69 Å². The van der Waals surface area contributed by atoms with Gasteiger partial charge in [-0.1, -0.05) is 24.3 Å². The molecule has 0 unspecified atom stereocenters. The highest BCUT2D eigenvalue weighted by atomic mass is 35.5. The van der Waals surface area contributed by atoms with Crippen molar-refractivity contribution < 1.29 is 0 Å². The van der Waals surface area contributed by atoms with Crippen LogP contribution in [0.25, 0.3) is 5.70 Å². The molecule has 0 atom stereocenters. The standard InChI is InChI=1S/C13H19ClN2/c1-5-8-12(15-6-2)13-10(4)16(7-3)9-11(13)14/h5,8-9,15H,1,6-7H2,2-4H3/b12-8+. The van der Waals surface area contributed by atoms with Gasteiger partial charge < -0.3 is 9.88 Å². The molecule has 3 heteroatoms. The van der Waals surface area contributed by atoms with Crippen molar-refractivity contribution in [1.82, 2.24) is 9.88 Å². The Morgan fingerprint density at radius 2 is 2.25 bits per heavy atom. The van der Waals surface area contributed by atoms with Crippen molar-refractivity contribution in [2.24, 2.45) is 0 Å². The molecule has 0 aliphatic rings. The van der Waals surface area contributed by atoms with Crippen LogP contribution in [0.2, 0.25) is 5.02 Å². The molecule has 1 heterocycles. The molecule has 88 valence electrons. The van der Waals surface area contributed by atoms with Gasteiger partial charge in [-0.2, -0.15) is 0 Å². The lowest BCUT2D eigenvalue weighted by atomic mass is 10.1. The van der Waals surface area contributed by atoms with E-state index in [4.69, 9.17) is 11.6 Å². The summed E-state index contributed by atoms with van der Waals surface area (Å²) in [6.07, 6.45) is 5.70. The first-order valence-corrected chi connectivity index (χ1v) is 5.95. The molecule has 0 aliphatic heterocycles. The zero-order chi connectivity index (χ0) is 12.1. The summed E-state index contributed by atoms with van der Waals surface area (Å²) < 4.78 is 2.14. The van der Waals surface area contributed by atoms with Crippen LogP contribution in [0, 0.1) is 6.92 Å². The van der Waals surface area contributed by atoms with Gasteiger partial charge in [-0.15, -0.1) is 0 Å². The predicted octanol–water partition coefficient (Wildman–Crippen LogP) is 3.61. The van der Waals surface area contributed by atoms with Crippen molar-refractivity contribution in [3.05, 3.63) is 41.2 Å². The van der Waals surface area contributed by atoms with Gasteiger partial charge in [-0.3, -0.25) is 0 Å². The SMILES string of the molecule is C=C/C=C(/NCC)c1c(Cl)cn(CC)c1C.